The predicted octanol–water partition coefficient (Wildman–Crippen LogP) is 3.76. The molecule has 4 unspecified atom stereocenters. The molecule has 2 bridgehead atoms. The van der Waals surface area contributed by atoms with Crippen LogP contribution in [0.1, 0.15) is 38.3 Å². The van der Waals surface area contributed by atoms with Crippen LogP contribution >= 0.6 is 15.9 Å². The number of rotatable bonds is 4. The van der Waals surface area contributed by atoms with Gasteiger partial charge in [-0.2, -0.15) is 0 Å². The van der Waals surface area contributed by atoms with Gasteiger partial charge < -0.3 is 5.32 Å². The summed E-state index contributed by atoms with van der Waals surface area (Å²) < 4.78 is 1.05. The van der Waals surface area contributed by atoms with Crippen LogP contribution in [-0.2, 0) is 6.54 Å². The molecule has 1 aromatic rings. The van der Waals surface area contributed by atoms with Gasteiger partial charge in [0.25, 0.3) is 0 Å². The summed E-state index contributed by atoms with van der Waals surface area (Å²) in [5.41, 5.74) is 1.13. The van der Waals surface area contributed by atoms with Crippen LogP contribution in [0, 0.1) is 17.8 Å². The first-order valence-corrected chi connectivity index (χ1v) is 7.85. The Bertz CT molecular complexity index is 403. The first-order valence-electron chi connectivity index (χ1n) is 7.06. The molecule has 98 valence electrons. The van der Waals surface area contributed by atoms with Crippen molar-refractivity contribution in [3.05, 3.63) is 28.5 Å². The van der Waals surface area contributed by atoms with E-state index in [4.69, 9.17) is 0 Å². The summed E-state index contributed by atoms with van der Waals surface area (Å²) in [6.45, 7) is 3.24. The summed E-state index contributed by atoms with van der Waals surface area (Å²) in [5, 5.41) is 3.67. The topological polar surface area (TPSA) is 24.9 Å². The van der Waals surface area contributed by atoms with Gasteiger partial charge in [-0.1, -0.05) is 6.42 Å². The van der Waals surface area contributed by atoms with Crippen LogP contribution < -0.4 is 5.32 Å². The fraction of sp³-hybridized carbons (Fsp3) is 0.667. The van der Waals surface area contributed by atoms with Crippen molar-refractivity contribution in [2.75, 3.05) is 0 Å². The third-order valence-electron chi connectivity index (χ3n) is 4.83. The molecule has 0 aliphatic heterocycles. The lowest BCUT2D eigenvalue weighted by atomic mass is 9.84. The summed E-state index contributed by atoms with van der Waals surface area (Å²) >= 11 is 3.42. The predicted molar refractivity (Wildman–Crippen MR) is 77.2 cm³/mol. The van der Waals surface area contributed by atoms with Gasteiger partial charge in [0.05, 0.1) is 5.69 Å². The Morgan fingerprint density at radius 2 is 2.28 bits per heavy atom. The van der Waals surface area contributed by atoms with E-state index in [0.29, 0.717) is 6.04 Å². The Balaban J connectivity index is 1.52. The van der Waals surface area contributed by atoms with Crippen LogP contribution in [0.2, 0.25) is 0 Å². The molecule has 0 radical (unpaired) electrons. The van der Waals surface area contributed by atoms with Gasteiger partial charge >= 0.3 is 0 Å². The molecule has 0 saturated heterocycles. The summed E-state index contributed by atoms with van der Waals surface area (Å²) in [6.07, 6.45) is 7.78. The van der Waals surface area contributed by atoms with E-state index in [2.05, 4.69) is 45.3 Å². The molecule has 18 heavy (non-hydrogen) atoms. The average Bonchev–Trinajstić information content (AvgIpc) is 3.00. The van der Waals surface area contributed by atoms with E-state index in [9.17, 15) is 0 Å². The zero-order valence-corrected chi connectivity index (χ0v) is 12.5. The lowest BCUT2D eigenvalue weighted by Gasteiger charge is -2.28. The van der Waals surface area contributed by atoms with Crippen LogP contribution in [0.5, 0.6) is 0 Å². The molecule has 0 amide bonds. The monoisotopic (exact) mass is 308 g/mol. The quantitative estimate of drug-likeness (QED) is 0.916. The molecule has 3 heteroatoms. The van der Waals surface area contributed by atoms with Crippen molar-refractivity contribution in [3.8, 4) is 0 Å². The minimum absolute atomic E-state index is 0.630. The molecule has 2 aliphatic rings. The second kappa shape index (κ2) is 5.30. The minimum atomic E-state index is 0.630. The number of hydrogen-bond donors (Lipinski definition) is 1. The van der Waals surface area contributed by atoms with Crippen LogP contribution in [0.15, 0.2) is 22.8 Å². The van der Waals surface area contributed by atoms with Gasteiger partial charge in [-0.25, -0.2) is 0 Å². The van der Waals surface area contributed by atoms with Gasteiger partial charge in [0, 0.05) is 23.3 Å². The first-order chi connectivity index (χ1) is 8.72. The smallest absolute Gasteiger partial charge is 0.0542 e. The zero-order chi connectivity index (χ0) is 12.5. The molecule has 1 heterocycles. The highest BCUT2D eigenvalue weighted by atomic mass is 79.9. The number of pyridine rings is 1. The number of nitrogens with one attached hydrogen (secondary N) is 1. The Morgan fingerprint density at radius 1 is 1.39 bits per heavy atom. The Kier molecular flexibility index (Phi) is 3.71. The second-order valence-corrected chi connectivity index (χ2v) is 6.89. The van der Waals surface area contributed by atoms with Crippen LogP contribution in [0.3, 0.4) is 0 Å². The molecule has 2 saturated carbocycles. The van der Waals surface area contributed by atoms with E-state index in [-0.39, 0.29) is 0 Å². The Hall–Kier alpha value is -0.410. The number of hydrogen-bond acceptors (Lipinski definition) is 2. The van der Waals surface area contributed by atoms with E-state index in [1.807, 2.05) is 6.20 Å². The van der Waals surface area contributed by atoms with Gasteiger partial charge in [0.1, 0.15) is 0 Å². The number of fused-ring (bicyclic) bond motifs is 2. The van der Waals surface area contributed by atoms with Crippen molar-refractivity contribution in [1.82, 2.24) is 10.3 Å². The zero-order valence-electron chi connectivity index (χ0n) is 10.9. The van der Waals surface area contributed by atoms with Crippen LogP contribution in [0.4, 0.5) is 0 Å². The van der Waals surface area contributed by atoms with Crippen molar-refractivity contribution in [3.63, 3.8) is 0 Å². The summed E-state index contributed by atoms with van der Waals surface area (Å²) in [6, 6.07) is 4.78. The van der Waals surface area contributed by atoms with Gasteiger partial charge in [-0.15, -0.1) is 0 Å². The molecule has 1 aromatic heterocycles. The molecule has 0 aromatic carbocycles. The van der Waals surface area contributed by atoms with E-state index >= 15 is 0 Å². The van der Waals surface area contributed by atoms with E-state index < -0.39 is 0 Å². The third-order valence-corrected chi connectivity index (χ3v) is 5.30. The van der Waals surface area contributed by atoms with Crippen molar-refractivity contribution in [2.45, 2.75) is 45.2 Å². The van der Waals surface area contributed by atoms with Gasteiger partial charge in [-0.05, 0) is 72.0 Å². The first kappa shape index (κ1) is 12.6. The van der Waals surface area contributed by atoms with E-state index in [0.717, 1.165) is 34.5 Å². The molecule has 2 fully saturated rings. The van der Waals surface area contributed by atoms with E-state index in [1.165, 1.54) is 25.7 Å². The minimum Gasteiger partial charge on any atom is -0.308 e. The molecule has 2 nitrogen and oxygen atoms in total. The maximum absolute atomic E-state index is 4.42. The molecular formula is C15H21BrN2. The fourth-order valence-electron chi connectivity index (χ4n) is 3.83. The molecule has 2 aliphatic carbocycles. The number of nitrogens with zero attached hydrogens (tertiary/aromatic N) is 1. The highest BCUT2D eigenvalue weighted by Crippen LogP contribution is 2.49. The average molecular weight is 309 g/mol. The summed E-state index contributed by atoms with van der Waals surface area (Å²) in [5.74, 6) is 2.93. The van der Waals surface area contributed by atoms with E-state index in [1.54, 1.807) is 0 Å². The number of aromatic nitrogens is 1. The maximum Gasteiger partial charge on any atom is 0.0542 e. The number of halogens is 1. The van der Waals surface area contributed by atoms with Crippen molar-refractivity contribution < 1.29 is 0 Å². The van der Waals surface area contributed by atoms with Crippen molar-refractivity contribution in [1.29, 1.82) is 0 Å². The molecule has 4 atom stereocenters. The molecule has 1 N–H and O–H groups in total. The standard InChI is InChI=1S/C15H21BrN2/c1-10(15-7-11-2-3-12(15)6-11)17-9-14-5-4-13(16)8-18-14/h4-5,8,10-12,15,17H,2-3,6-7,9H2,1H3. The van der Waals surface area contributed by atoms with Crippen LogP contribution in [0.25, 0.3) is 0 Å². The Labute approximate surface area is 118 Å². The lowest BCUT2D eigenvalue weighted by molar-refractivity contribution is 0.259. The summed E-state index contributed by atoms with van der Waals surface area (Å²) in [7, 11) is 0. The fourth-order valence-corrected chi connectivity index (χ4v) is 4.07. The Morgan fingerprint density at radius 3 is 2.89 bits per heavy atom. The van der Waals surface area contributed by atoms with Gasteiger partial charge in [0.15, 0.2) is 0 Å². The third kappa shape index (κ3) is 2.62. The van der Waals surface area contributed by atoms with Gasteiger partial charge in [0.2, 0.25) is 0 Å². The molecule has 3 rings (SSSR count). The molecule has 0 spiro atoms. The van der Waals surface area contributed by atoms with Gasteiger partial charge in [-0.3, -0.25) is 4.98 Å². The SMILES string of the molecule is CC(NCc1ccc(Br)cn1)C1CC2CCC1C2. The van der Waals surface area contributed by atoms with Crippen molar-refractivity contribution >= 4 is 15.9 Å². The maximum atomic E-state index is 4.42. The van der Waals surface area contributed by atoms with Crippen LogP contribution in [-0.4, -0.2) is 11.0 Å². The normalized spacial score (nSPS) is 31.8. The lowest BCUT2D eigenvalue weighted by Crippen LogP contribution is -2.36. The second-order valence-electron chi connectivity index (χ2n) is 5.98. The highest BCUT2D eigenvalue weighted by molar-refractivity contribution is 9.10. The molecular weight excluding hydrogens is 288 g/mol. The van der Waals surface area contributed by atoms with Crippen molar-refractivity contribution in [2.24, 2.45) is 17.8 Å². The highest BCUT2D eigenvalue weighted by Gasteiger charge is 2.41. The summed E-state index contributed by atoms with van der Waals surface area (Å²) in [4.78, 5) is 4.42. The largest absolute Gasteiger partial charge is 0.308 e.